The van der Waals surface area contributed by atoms with Crippen LogP contribution in [0.3, 0.4) is 0 Å². The van der Waals surface area contributed by atoms with Gasteiger partial charge in [0, 0.05) is 23.6 Å². The Morgan fingerprint density at radius 1 is 1.05 bits per heavy atom. The number of piperazine rings is 1. The van der Waals surface area contributed by atoms with Gasteiger partial charge in [0.1, 0.15) is 18.1 Å². The highest BCUT2D eigenvalue weighted by Crippen LogP contribution is 2.43. The van der Waals surface area contributed by atoms with Crippen LogP contribution in [0.5, 0.6) is 5.75 Å². The summed E-state index contributed by atoms with van der Waals surface area (Å²) in [7, 11) is 1.53. The van der Waals surface area contributed by atoms with E-state index in [1.54, 1.807) is 35.2 Å². The van der Waals surface area contributed by atoms with E-state index < -0.39 is 0 Å². The number of hydrogen-bond donors (Lipinski definition) is 2. The number of halogens is 1. The Morgan fingerprint density at radius 2 is 1.70 bits per heavy atom. The average Bonchev–Trinajstić information content (AvgIpc) is 2.90. The largest absolute Gasteiger partial charge is 0.495 e. The number of rotatable bonds is 4. The van der Waals surface area contributed by atoms with E-state index in [0.29, 0.717) is 23.5 Å². The number of urea groups is 1. The molecule has 188 valence electrons. The number of aliphatic hydroxyl groups excluding tert-OH is 1. The Balaban J connectivity index is 1.31. The Kier molecular flexibility index (Phi) is 6.80. The minimum Gasteiger partial charge on any atom is -0.495 e. The summed E-state index contributed by atoms with van der Waals surface area (Å²) < 4.78 is 18.4. The minimum atomic E-state index is -0.380. The molecule has 37 heavy (non-hydrogen) atoms. The van der Waals surface area contributed by atoms with E-state index >= 15 is 0 Å². The van der Waals surface area contributed by atoms with E-state index in [1.165, 1.54) is 24.1 Å². The third-order valence-electron chi connectivity index (χ3n) is 6.88. The van der Waals surface area contributed by atoms with Crippen LogP contribution < -0.4 is 10.1 Å². The topological polar surface area (TPSA) is 82.1 Å². The standard InChI is InChI=1S/C29H26FN3O4/c1-37-26-5-3-2-4-23(26)31-29(36)32-16-24-28(25(18-34)33(24)27(35)17-32)21-12-8-19(9-13-21)6-7-20-10-14-22(30)15-11-20/h2-5,8-15,24-25,28,34H,16-18H2,1H3,(H,31,36)/t24-,25-,28-/m1/s1. The number of aliphatic hydroxyl groups is 1. The molecule has 3 aromatic carbocycles. The maximum absolute atomic E-state index is 13.1. The van der Waals surface area contributed by atoms with Crippen molar-refractivity contribution in [2.75, 3.05) is 32.1 Å². The van der Waals surface area contributed by atoms with Crippen molar-refractivity contribution in [3.8, 4) is 17.6 Å². The Hall–Kier alpha value is -4.35. The number of amides is 3. The van der Waals surface area contributed by atoms with Crippen molar-refractivity contribution in [2.24, 2.45) is 0 Å². The van der Waals surface area contributed by atoms with Crippen LogP contribution in [0.25, 0.3) is 0 Å². The van der Waals surface area contributed by atoms with Gasteiger partial charge in [-0.1, -0.05) is 36.1 Å². The molecule has 3 amide bonds. The second-order valence-corrected chi connectivity index (χ2v) is 9.03. The zero-order valence-electron chi connectivity index (χ0n) is 20.2. The Bertz CT molecular complexity index is 1360. The lowest BCUT2D eigenvalue weighted by Gasteiger charge is -2.58. The lowest BCUT2D eigenvalue weighted by atomic mass is 9.73. The van der Waals surface area contributed by atoms with E-state index in [2.05, 4.69) is 17.2 Å². The van der Waals surface area contributed by atoms with E-state index in [-0.39, 0.29) is 48.9 Å². The first-order valence-corrected chi connectivity index (χ1v) is 12.0. The Labute approximate surface area is 214 Å². The zero-order chi connectivity index (χ0) is 25.9. The lowest BCUT2D eigenvalue weighted by Crippen LogP contribution is -2.73. The summed E-state index contributed by atoms with van der Waals surface area (Å²) in [6.45, 7) is 0.130. The highest BCUT2D eigenvalue weighted by molar-refractivity contribution is 5.94. The zero-order valence-corrected chi connectivity index (χ0v) is 20.2. The van der Waals surface area contributed by atoms with Gasteiger partial charge < -0.3 is 25.0 Å². The van der Waals surface area contributed by atoms with Crippen LogP contribution in [0.4, 0.5) is 14.9 Å². The number of anilines is 1. The van der Waals surface area contributed by atoms with Crippen molar-refractivity contribution in [3.05, 3.63) is 95.3 Å². The molecule has 2 saturated heterocycles. The van der Waals surface area contributed by atoms with Crippen LogP contribution in [0.1, 0.15) is 22.6 Å². The SMILES string of the molecule is COc1ccccc1NC(=O)N1CC(=O)N2[C@H](CO)[C@H](c3ccc(C#Cc4ccc(F)cc4)cc3)[C@H]2C1. The predicted octanol–water partition coefficient (Wildman–Crippen LogP) is 3.44. The normalized spacial score (nSPS) is 20.3. The van der Waals surface area contributed by atoms with E-state index in [9.17, 15) is 19.1 Å². The first-order valence-electron chi connectivity index (χ1n) is 12.0. The van der Waals surface area contributed by atoms with E-state index in [1.807, 2.05) is 30.3 Å². The number of ether oxygens (including phenoxy) is 1. The van der Waals surface area contributed by atoms with Gasteiger partial charge in [0.15, 0.2) is 0 Å². The number of carbonyl (C=O) groups excluding carboxylic acids is 2. The predicted molar refractivity (Wildman–Crippen MR) is 137 cm³/mol. The average molecular weight is 500 g/mol. The number of methoxy groups -OCH3 is 1. The Morgan fingerprint density at radius 3 is 2.35 bits per heavy atom. The number of nitrogens with zero attached hydrogens (tertiary/aromatic N) is 2. The van der Waals surface area contributed by atoms with Gasteiger partial charge in [0.25, 0.3) is 0 Å². The van der Waals surface area contributed by atoms with Crippen LogP contribution >= 0.6 is 0 Å². The molecule has 2 aliphatic rings. The molecule has 7 nitrogen and oxygen atoms in total. The second-order valence-electron chi connectivity index (χ2n) is 9.03. The summed E-state index contributed by atoms with van der Waals surface area (Å²) in [5, 5.41) is 12.9. The molecule has 0 unspecified atom stereocenters. The van der Waals surface area contributed by atoms with Crippen molar-refractivity contribution in [1.29, 1.82) is 0 Å². The van der Waals surface area contributed by atoms with Gasteiger partial charge in [0.05, 0.1) is 31.5 Å². The number of para-hydroxylation sites is 2. The minimum absolute atomic E-state index is 0.0569. The molecule has 2 N–H and O–H groups in total. The first kappa shape index (κ1) is 24.3. The van der Waals surface area contributed by atoms with Gasteiger partial charge >= 0.3 is 6.03 Å². The number of hydrogen-bond acceptors (Lipinski definition) is 4. The van der Waals surface area contributed by atoms with Crippen molar-refractivity contribution in [1.82, 2.24) is 9.80 Å². The summed E-state index contributed by atoms with van der Waals surface area (Å²) in [5.74, 6) is 6.00. The van der Waals surface area contributed by atoms with E-state index in [0.717, 1.165) is 11.1 Å². The fraction of sp³-hybridized carbons (Fsp3) is 0.241. The van der Waals surface area contributed by atoms with Gasteiger partial charge in [-0.05, 0) is 54.1 Å². The maximum atomic E-state index is 13.1. The van der Waals surface area contributed by atoms with E-state index in [4.69, 9.17) is 4.74 Å². The third kappa shape index (κ3) is 4.86. The highest BCUT2D eigenvalue weighted by Gasteiger charge is 2.54. The van der Waals surface area contributed by atoms with Crippen molar-refractivity contribution >= 4 is 17.6 Å². The summed E-state index contributed by atoms with van der Waals surface area (Å²) in [6, 6.07) is 19.8. The molecular weight excluding hydrogens is 473 g/mol. The number of carbonyl (C=O) groups is 2. The number of benzene rings is 3. The van der Waals surface area contributed by atoms with Crippen LogP contribution in [0.15, 0.2) is 72.8 Å². The van der Waals surface area contributed by atoms with Crippen LogP contribution in [0.2, 0.25) is 0 Å². The first-order chi connectivity index (χ1) is 18.0. The molecule has 0 aliphatic carbocycles. The molecule has 2 heterocycles. The maximum Gasteiger partial charge on any atom is 0.322 e. The molecule has 2 fully saturated rings. The molecule has 0 bridgehead atoms. The molecular formula is C29H26FN3O4. The van der Waals surface area contributed by atoms with Crippen LogP contribution in [0, 0.1) is 17.7 Å². The van der Waals surface area contributed by atoms with Gasteiger partial charge in [-0.2, -0.15) is 0 Å². The summed E-state index contributed by atoms with van der Waals surface area (Å²) in [4.78, 5) is 29.1. The quantitative estimate of drug-likeness (QED) is 0.539. The van der Waals surface area contributed by atoms with Crippen LogP contribution in [-0.4, -0.2) is 65.7 Å². The molecule has 0 spiro atoms. The number of fused-ring (bicyclic) bond motifs is 1. The van der Waals surface area contributed by atoms with Crippen molar-refractivity contribution in [2.45, 2.75) is 18.0 Å². The van der Waals surface area contributed by atoms with Gasteiger partial charge in [-0.15, -0.1) is 0 Å². The molecule has 3 aromatic rings. The summed E-state index contributed by atoms with van der Waals surface area (Å²) in [5.41, 5.74) is 3.00. The van der Waals surface area contributed by atoms with Gasteiger partial charge in [-0.3, -0.25) is 4.79 Å². The highest BCUT2D eigenvalue weighted by atomic mass is 19.1. The monoisotopic (exact) mass is 499 g/mol. The summed E-state index contributed by atoms with van der Waals surface area (Å²) >= 11 is 0. The fourth-order valence-corrected chi connectivity index (χ4v) is 5.06. The van der Waals surface area contributed by atoms with Crippen molar-refractivity contribution < 1.29 is 23.8 Å². The molecule has 0 saturated carbocycles. The lowest BCUT2D eigenvalue weighted by molar-refractivity contribution is -0.159. The molecule has 0 radical (unpaired) electrons. The molecule has 8 heteroatoms. The molecule has 0 aromatic heterocycles. The molecule has 5 rings (SSSR count). The molecule has 2 aliphatic heterocycles. The second kappa shape index (κ2) is 10.3. The van der Waals surface area contributed by atoms with Crippen molar-refractivity contribution in [3.63, 3.8) is 0 Å². The third-order valence-corrected chi connectivity index (χ3v) is 6.88. The smallest absolute Gasteiger partial charge is 0.322 e. The number of nitrogens with one attached hydrogen (secondary N) is 1. The fourth-order valence-electron chi connectivity index (χ4n) is 5.06. The van der Waals surface area contributed by atoms with Gasteiger partial charge in [-0.25, -0.2) is 9.18 Å². The summed E-state index contributed by atoms with van der Waals surface area (Å²) in [6.07, 6.45) is 0. The van der Waals surface area contributed by atoms with Crippen LogP contribution in [-0.2, 0) is 4.79 Å². The molecule has 3 atom stereocenters. The van der Waals surface area contributed by atoms with Gasteiger partial charge in [0.2, 0.25) is 5.91 Å².